The zero-order chi connectivity index (χ0) is 13.4. The average molecular weight is 257 g/mol. The molecule has 5 nitrogen and oxygen atoms in total. The van der Waals surface area contributed by atoms with Crippen LogP contribution in [0, 0.1) is 6.92 Å². The number of aryl methyl sites for hydroxylation is 2. The molecule has 0 unspecified atom stereocenters. The van der Waals surface area contributed by atoms with Gasteiger partial charge in [0.05, 0.1) is 6.20 Å². The second-order valence-corrected chi connectivity index (χ2v) is 4.79. The molecule has 0 radical (unpaired) electrons. The minimum absolute atomic E-state index is 0.138. The number of amides is 1. The number of carbonyl (C=O) groups excluding carboxylic acids is 1. The number of hydrogen-bond acceptors (Lipinski definition) is 4. The molecular weight excluding hydrogens is 242 g/mol. The Morgan fingerprint density at radius 1 is 1.47 bits per heavy atom. The number of nitrogens with two attached hydrogens (primary N) is 1. The highest BCUT2D eigenvalue weighted by molar-refractivity contribution is 6.05. The van der Waals surface area contributed by atoms with Crippen LogP contribution in [0.5, 0.6) is 0 Å². The first-order chi connectivity index (χ1) is 9.16. The van der Waals surface area contributed by atoms with E-state index in [1.54, 1.807) is 11.1 Å². The predicted octanol–water partition coefficient (Wildman–Crippen LogP) is 2.16. The summed E-state index contributed by atoms with van der Waals surface area (Å²) in [6.07, 6.45) is 3.43. The lowest BCUT2D eigenvalue weighted by atomic mass is 10.0. The van der Waals surface area contributed by atoms with Gasteiger partial charge in [-0.25, -0.2) is 0 Å². The van der Waals surface area contributed by atoms with Crippen molar-refractivity contribution >= 4 is 17.3 Å². The van der Waals surface area contributed by atoms with Crippen molar-refractivity contribution in [2.75, 3.05) is 17.2 Å². The summed E-state index contributed by atoms with van der Waals surface area (Å²) in [5.41, 5.74) is 9.30. The Morgan fingerprint density at radius 2 is 2.32 bits per heavy atom. The number of hydrogen-bond donors (Lipinski definition) is 1. The summed E-state index contributed by atoms with van der Waals surface area (Å²) in [5.74, 6) is 0.172. The number of fused-ring (bicyclic) bond motifs is 1. The first-order valence-corrected chi connectivity index (χ1v) is 6.28. The molecule has 2 heterocycles. The molecule has 1 aliphatic heterocycles. The second-order valence-electron chi connectivity index (χ2n) is 4.79. The maximum Gasteiger partial charge on any atom is 0.297 e. The summed E-state index contributed by atoms with van der Waals surface area (Å²) >= 11 is 0. The molecule has 2 aromatic rings. The molecule has 0 saturated heterocycles. The molecule has 1 amide bonds. The third kappa shape index (κ3) is 1.97. The van der Waals surface area contributed by atoms with Crippen molar-refractivity contribution in [1.82, 2.24) is 5.16 Å². The molecule has 1 aromatic carbocycles. The van der Waals surface area contributed by atoms with E-state index >= 15 is 0 Å². The first kappa shape index (κ1) is 11.8. The minimum atomic E-state index is -0.138. The smallest absolute Gasteiger partial charge is 0.297 e. The van der Waals surface area contributed by atoms with Gasteiger partial charge < -0.3 is 15.2 Å². The van der Waals surface area contributed by atoms with E-state index in [0.717, 1.165) is 35.3 Å². The van der Waals surface area contributed by atoms with Crippen molar-refractivity contribution in [1.29, 1.82) is 0 Å². The Morgan fingerprint density at radius 3 is 3.05 bits per heavy atom. The number of benzene rings is 1. The quantitative estimate of drug-likeness (QED) is 0.794. The van der Waals surface area contributed by atoms with Gasteiger partial charge in [-0.3, -0.25) is 4.79 Å². The molecule has 0 saturated carbocycles. The number of aromatic nitrogens is 1. The minimum Gasteiger partial charge on any atom is -0.399 e. The maximum absolute atomic E-state index is 12.5. The molecule has 5 heteroatoms. The Kier molecular flexibility index (Phi) is 2.74. The van der Waals surface area contributed by atoms with Gasteiger partial charge in [0.15, 0.2) is 0 Å². The molecule has 1 aliphatic rings. The monoisotopic (exact) mass is 257 g/mol. The standard InChI is InChI=1S/C14H15N3O2/c1-9-8-16-19-13(9)14(18)17-6-2-3-10-7-11(15)4-5-12(10)17/h4-5,7-8H,2-3,6,15H2,1H3. The van der Waals surface area contributed by atoms with Crippen LogP contribution in [0.25, 0.3) is 0 Å². The van der Waals surface area contributed by atoms with Crippen LogP contribution >= 0.6 is 0 Å². The lowest BCUT2D eigenvalue weighted by Gasteiger charge is -2.29. The number of nitrogens with zero attached hydrogens (tertiary/aromatic N) is 2. The van der Waals surface area contributed by atoms with Crippen LogP contribution in [-0.2, 0) is 6.42 Å². The average Bonchev–Trinajstić information content (AvgIpc) is 2.83. The molecule has 19 heavy (non-hydrogen) atoms. The highest BCUT2D eigenvalue weighted by Crippen LogP contribution is 2.30. The molecule has 2 N–H and O–H groups in total. The number of anilines is 2. The number of carbonyl (C=O) groups is 1. The Labute approximate surface area is 111 Å². The fourth-order valence-corrected chi connectivity index (χ4v) is 2.45. The lowest BCUT2D eigenvalue weighted by Crippen LogP contribution is -2.35. The van der Waals surface area contributed by atoms with Gasteiger partial charge in [-0.15, -0.1) is 0 Å². The molecule has 0 atom stereocenters. The van der Waals surface area contributed by atoms with Gasteiger partial charge in [-0.05, 0) is 43.5 Å². The van der Waals surface area contributed by atoms with E-state index in [1.807, 2.05) is 25.1 Å². The van der Waals surface area contributed by atoms with Crippen LogP contribution in [-0.4, -0.2) is 17.6 Å². The van der Waals surface area contributed by atoms with Crippen molar-refractivity contribution in [3.05, 3.63) is 41.3 Å². The van der Waals surface area contributed by atoms with E-state index in [2.05, 4.69) is 5.16 Å². The van der Waals surface area contributed by atoms with E-state index in [4.69, 9.17) is 10.3 Å². The normalized spacial score (nSPS) is 14.3. The van der Waals surface area contributed by atoms with Crippen LogP contribution < -0.4 is 10.6 Å². The van der Waals surface area contributed by atoms with Crippen molar-refractivity contribution in [2.24, 2.45) is 0 Å². The maximum atomic E-state index is 12.5. The van der Waals surface area contributed by atoms with Crippen molar-refractivity contribution in [2.45, 2.75) is 19.8 Å². The fraction of sp³-hybridized carbons (Fsp3) is 0.286. The Hall–Kier alpha value is -2.30. The third-order valence-corrected chi connectivity index (χ3v) is 3.41. The highest BCUT2D eigenvalue weighted by atomic mass is 16.5. The van der Waals surface area contributed by atoms with Crippen LogP contribution in [0.3, 0.4) is 0 Å². The topological polar surface area (TPSA) is 72.4 Å². The summed E-state index contributed by atoms with van der Waals surface area (Å²) in [6.45, 7) is 2.51. The van der Waals surface area contributed by atoms with Crippen LogP contribution in [0.15, 0.2) is 28.9 Å². The van der Waals surface area contributed by atoms with Gasteiger partial charge in [0.1, 0.15) is 0 Å². The summed E-state index contributed by atoms with van der Waals surface area (Å²) in [5, 5.41) is 3.67. The SMILES string of the molecule is Cc1cnoc1C(=O)N1CCCc2cc(N)ccc21. The lowest BCUT2D eigenvalue weighted by molar-refractivity contribution is 0.0948. The van der Waals surface area contributed by atoms with Crippen molar-refractivity contribution in [3.63, 3.8) is 0 Å². The summed E-state index contributed by atoms with van der Waals surface area (Å²) < 4.78 is 5.05. The number of rotatable bonds is 1. The Bertz CT molecular complexity index is 633. The van der Waals surface area contributed by atoms with Gasteiger partial charge in [0.2, 0.25) is 5.76 Å². The molecular formula is C14H15N3O2. The summed E-state index contributed by atoms with van der Waals surface area (Å²) in [4.78, 5) is 14.2. The van der Waals surface area contributed by atoms with Crippen LogP contribution in [0.4, 0.5) is 11.4 Å². The van der Waals surface area contributed by atoms with E-state index in [1.165, 1.54) is 0 Å². The first-order valence-electron chi connectivity index (χ1n) is 6.28. The molecule has 98 valence electrons. The van der Waals surface area contributed by atoms with Gasteiger partial charge >= 0.3 is 0 Å². The van der Waals surface area contributed by atoms with E-state index in [9.17, 15) is 4.79 Å². The Balaban J connectivity index is 2.00. The fourth-order valence-electron chi connectivity index (χ4n) is 2.45. The van der Waals surface area contributed by atoms with Gasteiger partial charge in [0, 0.05) is 23.5 Å². The molecule has 0 bridgehead atoms. The molecule has 0 spiro atoms. The van der Waals surface area contributed by atoms with E-state index in [0.29, 0.717) is 12.3 Å². The van der Waals surface area contributed by atoms with Gasteiger partial charge in [-0.2, -0.15) is 0 Å². The van der Waals surface area contributed by atoms with Crippen molar-refractivity contribution < 1.29 is 9.32 Å². The molecule has 1 aromatic heterocycles. The van der Waals surface area contributed by atoms with Crippen LogP contribution in [0.1, 0.15) is 28.1 Å². The zero-order valence-electron chi connectivity index (χ0n) is 10.7. The summed E-state index contributed by atoms with van der Waals surface area (Å²) in [7, 11) is 0. The molecule has 3 rings (SSSR count). The number of nitrogen functional groups attached to an aromatic ring is 1. The predicted molar refractivity (Wildman–Crippen MR) is 72.1 cm³/mol. The van der Waals surface area contributed by atoms with E-state index < -0.39 is 0 Å². The third-order valence-electron chi connectivity index (χ3n) is 3.41. The van der Waals surface area contributed by atoms with Crippen LogP contribution in [0.2, 0.25) is 0 Å². The van der Waals surface area contributed by atoms with Crippen molar-refractivity contribution in [3.8, 4) is 0 Å². The molecule has 0 aliphatic carbocycles. The molecule has 0 fully saturated rings. The zero-order valence-corrected chi connectivity index (χ0v) is 10.7. The van der Waals surface area contributed by atoms with E-state index in [-0.39, 0.29) is 5.91 Å². The second kappa shape index (κ2) is 4.42. The van der Waals surface area contributed by atoms with Gasteiger partial charge in [0.25, 0.3) is 5.91 Å². The highest BCUT2D eigenvalue weighted by Gasteiger charge is 2.27. The summed E-state index contributed by atoms with van der Waals surface area (Å²) in [6, 6.07) is 5.65. The largest absolute Gasteiger partial charge is 0.399 e. The van der Waals surface area contributed by atoms with Gasteiger partial charge in [-0.1, -0.05) is 5.16 Å².